The fourth-order valence-electron chi connectivity index (χ4n) is 2.65. The van der Waals surface area contributed by atoms with Gasteiger partial charge in [-0.15, -0.1) is 92.2 Å². The lowest BCUT2D eigenvalue weighted by atomic mass is 8.73. The Morgan fingerprint density at radius 2 is 1.04 bits per heavy atom. The van der Waals surface area contributed by atoms with E-state index in [0.29, 0.717) is 37.1 Å². The highest BCUT2D eigenvalue weighted by atomic mass is 32.4. The second-order valence-corrected chi connectivity index (χ2v) is 34.2. The van der Waals surface area contributed by atoms with Crippen molar-refractivity contribution in [2.75, 3.05) is 0 Å². The first-order valence-electron chi connectivity index (χ1n) is 6.57. The molecule has 0 aromatic carbocycles. The third-order valence-corrected chi connectivity index (χ3v) is 23.9. The van der Waals surface area contributed by atoms with E-state index in [9.17, 15) is 0 Å². The lowest BCUT2D eigenvalue weighted by Crippen LogP contribution is -2.66. The topological polar surface area (TPSA) is 0 Å². The van der Waals surface area contributed by atoms with Gasteiger partial charge in [-0.2, -0.15) is 45.6 Å². The monoisotopic (exact) mass is 598 g/mol. The number of hydrogen-bond donors (Lipinski definition) is 0. The van der Waals surface area contributed by atoms with Gasteiger partial charge in [-0.25, -0.2) is 0 Å². The van der Waals surface area contributed by atoms with E-state index in [-0.39, 0.29) is 21.5 Å². The number of hydrogen-bond acceptors (Lipinski definition) is 0. The Kier molecular flexibility index (Phi) is 21.1. The summed E-state index contributed by atoms with van der Waals surface area (Å²) in [5.74, 6) is 0. The van der Waals surface area contributed by atoms with Crippen LogP contribution in [0.15, 0.2) is 0 Å². The largest absolute Gasteiger partial charge is 0.175 e. The van der Waals surface area contributed by atoms with Crippen LogP contribution >= 0.6 is 138 Å². The normalized spacial score (nSPS) is 11.6. The Bertz CT molecular complexity index is 282. The molecule has 0 amide bonds. The van der Waals surface area contributed by atoms with Crippen molar-refractivity contribution in [3.8, 4) is 0 Å². The van der Waals surface area contributed by atoms with Crippen LogP contribution in [0.3, 0.4) is 0 Å². The maximum Gasteiger partial charge on any atom is 0.170 e. The molecule has 23 heteroatoms. The summed E-state index contributed by atoms with van der Waals surface area (Å²) in [6.45, 7) is 0. The molecular weight excluding hydrogens is 571 g/mol. The van der Waals surface area contributed by atoms with Crippen LogP contribution < -0.4 is 0 Å². The third kappa shape index (κ3) is 10.7. The Hall–Kier alpha value is 7.33. The van der Waals surface area contributed by atoms with Gasteiger partial charge < -0.3 is 0 Å². The second-order valence-electron chi connectivity index (χ2n) is 5.25. The SMILES string of the molecule is PPB(P)B(B(P)P)B(B(B(P)P)P(P)P)B(P(P)P)P(P)P. The van der Waals surface area contributed by atoms with Crippen LogP contribution in [-0.2, 0) is 0 Å². The summed E-state index contributed by atoms with van der Waals surface area (Å²) >= 11 is 0. The molecule has 0 aliphatic carbocycles. The van der Waals surface area contributed by atoms with Crippen molar-refractivity contribution in [2.24, 2.45) is 0 Å². The molecule has 0 bridgehead atoms. The average molecular weight is 596 g/mol. The fourth-order valence-corrected chi connectivity index (χ4v) is 30.6. The van der Waals surface area contributed by atoms with Gasteiger partial charge in [0, 0.05) is 0 Å². The summed E-state index contributed by atoms with van der Waals surface area (Å²) in [5, 5.41) is 0. The highest BCUT2D eigenvalue weighted by Crippen LogP contribution is 2.73. The molecule has 0 saturated carbocycles. The smallest absolute Gasteiger partial charge is 0.170 e. The predicted octanol–water partition coefficient (Wildman–Crippen LogP) is 4.42. The minimum absolute atomic E-state index is 0.149. The van der Waals surface area contributed by atoms with Gasteiger partial charge in [-0.3, -0.25) is 0 Å². The van der Waals surface area contributed by atoms with Gasteiger partial charge in [0.25, 0.3) is 0 Å². The zero-order valence-electron chi connectivity index (χ0n) is 12.8. The van der Waals surface area contributed by atoms with Crippen LogP contribution in [0.4, 0.5) is 0 Å². The molecule has 0 aliphatic rings. The van der Waals surface area contributed by atoms with Crippen LogP contribution in [0.1, 0.15) is 0 Å². The first-order valence-corrected chi connectivity index (χ1v) is 26.7. The first kappa shape index (κ1) is 30.3. The molecule has 0 saturated heterocycles. The summed E-state index contributed by atoms with van der Waals surface area (Å²) < 4.78 is 0. The van der Waals surface area contributed by atoms with Crippen LogP contribution in [0.25, 0.3) is 0 Å². The van der Waals surface area contributed by atoms with E-state index in [4.69, 9.17) is 0 Å². The van der Waals surface area contributed by atoms with Crippen molar-refractivity contribution < 1.29 is 0 Å². The van der Waals surface area contributed by atoms with Crippen molar-refractivity contribution in [2.45, 2.75) is 0 Å². The minimum atomic E-state index is -0.168. The Balaban J connectivity index is 6.12. The molecule has 0 aromatic rings. The lowest BCUT2D eigenvalue weighted by Gasteiger charge is -2.41. The van der Waals surface area contributed by atoms with Gasteiger partial charge in [0.2, 0.25) is 0 Å². The molecule has 0 aliphatic heterocycles. The highest BCUT2D eigenvalue weighted by Gasteiger charge is 2.52. The van der Waals surface area contributed by atoms with Gasteiger partial charge in [-0.1, -0.05) is 0 Å². The summed E-state index contributed by atoms with van der Waals surface area (Å²) in [6.07, 6.45) is 2.02. The summed E-state index contributed by atoms with van der Waals surface area (Å²) in [4.78, 5) is 0. The molecule has 0 rings (SSSR count). The third-order valence-electron chi connectivity index (χ3n) is 3.58. The van der Waals surface area contributed by atoms with E-state index < -0.39 is 0 Å². The quantitative estimate of drug-likeness (QED) is 0.259. The molecule has 13 unspecified atom stereocenters. The molecule has 23 heavy (non-hydrogen) atoms. The first-order chi connectivity index (χ1) is 10.5. The molecule has 0 N–H and O–H groups in total. The van der Waals surface area contributed by atoms with Crippen molar-refractivity contribution in [1.82, 2.24) is 0 Å². The van der Waals surface area contributed by atoms with Crippen molar-refractivity contribution in [3.05, 3.63) is 0 Å². The molecule has 126 valence electrons. The van der Waals surface area contributed by atoms with Crippen molar-refractivity contribution >= 4 is 181 Å². The summed E-state index contributed by atoms with van der Waals surface area (Å²) in [6, 6.07) is 2.44. The van der Waals surface area contributed by atoms with Gasteiger partial charge in [0.05, 0.1) is 12.8 Å². The lowest BCUT2D eigenvalue weighted by molar-refractivity contribution is 3.47. The van der Waals surface area contributed by atoms with E-state index in [1.54, 1.807) is 0 Å². The highest BCUT2D eigenvalue weighted by molar-refractivity contribution is 8.81. The summed E-state index contributed by atoms with van der Waals surface area (Å²) in [7, 11) is 37.5. The van der Waals surface area contributed by atoms with Gasteiger partial charge in [0.15, 0.2) is 12.1 Å². The fraction of sp³-hybridized carbons (Fsp3) is 0. The van der Waals surface area contributed by atoms with Gasteiger partial charge in [-0.05, 0) is 0 Å². The molecule has 0 nitrogen and oxygen atoms in total. The van der Waals surface area contributed by atoms with Crippen LogP contribution in [0.2, 0.25) is 0 Å². The molecule has 0 aromatic heterocycles. The molecule has 0 heterocycles. The number of rotatable bonds is 10. The van der Waals surface area contributed by atoms with Crippen molar-refractivity contribution in [3.63, 3.8) is 0 Å². The molecule has 0 spiro atoms. The second kappa shape index (κ2) is 16.0. The van der Waals surface area contributed by atoms with E-state index in [1.807, 2.05) is 0 Å². The molecule has 13 atom stereocenters. The van der Waals surface area contributed by atoms with E-state index in [0.717, 1.165) is 14.2 Å². The molecule has 0 radical (unpaired) electrons. The molecular formula is H25B7P16. The van der Waals surface area contributed by atoms with Crippen LogP contribution in [0, 0.1) is 0 Å². The van der Waals surface area contributed by atoms with Crippen molar-refractivity contribution in [1.29, 1.82) is 0 Å². The van der Waals surface area contributed by atoms with Gasteiger partial charge in [0.1, 0.15) is 18.3 Å². The maximum absolute atomic E-state index is 3.14. The Morgan fingerprint density at radius 3 is 1.26 bits per heavy atom. The predicted molar refractivity (Wildman–Crippen MR) is 186 cm³/mol. The Labute approximate surface area is 179 Å². The zero-order valence-corrected chi connectivity index (χ0v) is 30.4. The standard InChI is InChI=1S/B7H25P16/c8-4(9)2(6(12)20-13)1(3(5(10)11)21(14)15)7(22(16)17)23(18)19/h20H,8-19H2. The zero-order chi connectivity index (χ0) is 18.5. The molecule has 0 fully saturated rings. The van der Waals surface area contributed by atoms with Gasteiger partial charge >= 0.3 is 0 Å². The Morgan fingerprint density at radius 1 is 0.609 bits per heavy atom. The van der Waals surface area contributed by atoms with E-state index >= 15 is 0 Å². The van der Waals surface area contributed by atoms with Crippen LogP contribution in [-0.4, -0.2) is 43.2 Å². The summed E-state index contributed by atoms with van der Waals surface area (Å²) in [5.41, 5.74) is 0. The maximum atomic E-state index is 3.14. The minimum Gasteiger partial charge on any atom is -0.175 e. The van der Waals surface area contributed by atoms with E-state index in [2.05, 4.69) is 108 Å². The van der Waals surface area contributed by atoms with E-state index in [1.165, 1.54) is 0 Å². The van der Waals surface area contributed by atoms with Crippen LogP contribution in [0.5, 0.6) is 0 Å². The average Bonchev–Trinajstić information content (AvgIpc) is 2.36.